The molecule has 0 radical (unpaired) electrons. The Morgan fingerprint density at radius 1 is 0.850 bits per heavy atom. The van der Waals surface area contributed by atoms with Gasteiger partial charge in [0, 0.05) is 12.1 Å². The normalized spacial score (nSPS) is 10.4. The second kappa shape index (κ2) is 6.06. The fraction of sp³-hybridized carbons (Fsp3) is 0.200. The molecule has 0 aromatic heterocycles. The average molecular weight is 273 g/mol. The summed E-state index contributed by atoms with van der Waals surface area (Å²) in [6.07, 6.45) is 1.96. The lowest BCUT2D eigenvalue weighted by Gasteiger charge is -2.07. The van der Waals surface area contributed by atoms with Crippen molar-refractivity contribution in [2.24, 2.45) is 5.18 Å². The summed E-state index contributed by atoms with van der Waals surface area (Å²) in [5, 5.41) is 31.3. The maximum atomic E-state index is 10.3. The molecule has 20 heavy (non-hydrogen) atoms. The smallest absolute Gasteiger partial charge is 0.122 e. The highest BCUT2D eigenvalue weighted by Crippen LogP contribution is 2.27. The van der Waals surface area contributed by atoms with E-state index in [1.807, 2.05) is 0 Å². The summed E-state index contributed by atoms with van der Waals surface area (Å²) in [7, 11) is 0. The van der Waals surface area contributed by atoms with Gasteiger partial charge >= 0.3 is 0 Å². The number of benzene rings is 2. The number of hydrogen-bond acceptors (Lipinski definition) is 5. The first-order valence-corrected chi connectivity index (χ1v) is 6.26. The Labute approximate surface area is 116 Å². The first-order valence-electron chi connectivity index (χ1n) is 6.26. The van der Waals surface area contributed by atoms with Gasteiger partial charge in [-0.05, 0) is 47.7 Å². The van der Waals surface area contributed by atoms with Gasteiger partial charge < -0.3 is 15.3 Å². The number of nitroso groups, excluding NO2 is 1. The van der Waals surface area contributed by atoms with Crippen LogP contribution in [0.25, 0.3) is 0 Å². The maximum Gasteiger partial charge on any atom is 0.122 e. The summed E-state index contributed by atoms with van der Waals surface area (Å²) in [6.45, 7) is 0. The highest BCUT2D eigenvalue weighted by Gasteiger charge is 2.06. The molecule has 2 aromatic rings. The van der Waals surface area contributed by atoms with Crippen LogP contribution in [0.1, 0.15) is 17.5 Å². The Morgan fingerprint density at radius 2 is 1.45 bits per heavy atom. The number of aryl methyl sites for hydroxylation is 2. The van der Waals surface area contributed by atoms with Crippen molar-refractivity contribution in [1.82, 2.24) is 0 Å². The lowest BCUT2D eigenvalue weighted by Crippen LogP contribution is -1.91. The molecule has 0 spiro atoms. The summed E-state index contributed by atoms with van der Waals surface area (Å²) < 4.78 is 0. The zero-order valence-electron chi connectivity index (χ0n) is 10.8. The molecule has 2 rings (SSSR count). The number of rotatable bonds is 5. The van der Waals surface area contributed by atoms with Gasteiger partial charge in [-0.3, -0.25) is 0 Å². The molecule has 0 fully saturated rings. The predicted octanol–water partition coefficient (Wildman–Crippen LogP) is 3.38. The molecular weight excluding hydrogens is 258 g/mol. The molecule has 0 saturated carbocycles. The molecule has 0 aliphatic carbocycles. The van der Waals surface area contributed by atoms with E-state index in [4.69, 9.17) is 0 Å². The summed E-state index contributed by atoms with van der Waals surface area (Å²) in [5.74, 6) is 0.146. The van der Waals surface area contributed by atoms with Gasteiger partial charge in [0.05, 0.1) is 0 Å². The van der Waals surface area contributed by atoms with Gasteiger partial charge in [0.25, 0.3) is 0 Å². The van der Waals surface area contributed by atoms with Gasteiger partial charge in [0.2, 0.25) is 0 Å². The third-order valence-corrected chi connectivity index (χ3v) is 3.14. The van der Waals surface area contributed by atoms with Gasteiger partial charge in [0.1, 0.15) is 22.9 Å². The van der Waals surface area contributed by atoms with E-state index < -0.39 is 0 Å². The fourth-order valence-corrected chi connectivity index (χ4v) is 2.05. The molecule has 104 valence electrons. The van der Waals surface area contributed by atoms with Crippen molar-refractivity contribution < 1.29 is 15.3 Å². The van der Waals surface area contributed by atoms with E-state index in [0.29, 0.717) is 12.8 Å². The van der Waals surface area contributed by atoms with Gasteiger partial charge in [-0.25, -0.2) is 0 Å². The minimum Gasteiger partial charge on any atom is -0.508 e. The third-order valence-electron chi connectivity index (χ3n) is 3.14. The van der Waals surface area contributed by atoms with E-state index in [-0.39, 0.29) is 22.9 Å². The second-order valence-corrected chi connectivity index (χ2v) is 4.57. The van der Waals surface area contributed by atoms with E-state index in [2.05, 4.69) is 5.18 Å². The van der Waals surface area contributed by atoms with Crippen molar-refractivity contribution in [2.45, 2.75) is 19.3 Å². The van der Waals surface area contributed by atoms with Crippen LogP contribution in [0, 0.1) is 4.91 Å². The number of aromatic hydroxyl groups is 3. The van der Waals surface area contributed by atoms with E-state index in [0.717, 1.165) is 17.5 Å². The molecule has 0 amide bonds. The standard InChI is InChI=1S/C15H15NO4/c17-13-7-5-11(15(19)9-13)3-1-2-10-4-6-12(16-20)8-14(10)18/h4-9,17-19H,1-3H2. The zero-order valence-corrected chi connectivity index (χ0v) is 10.8. The van der Waals surface area contributed by atoms with Crippen LogP contribution >= 0.6 is 0 Å². The Hall–Kier alpha value is -2.56. The largest absolute Gasteiger partial charge is 0.508 e. The predicted molar refractivity (Wildman–Crippen MR) is 75.4 cm³/mol. The van der Waals surface area contributed by atoms with Gasteiger partial charge in [-0.2, -0.15) is 0 Å². The Bertz CT molecular complexity index is 625. The monoisotopic (exact) mass is 273 g/mol. The molecule has 5 heteroatoms. The SMILES string of the molecule is O=Nc1ccc(CCCc2ccc(O)cc2O)c(O)c1. The minimum absolute atomic E-state index is 0.0286. The number of phenolic OH excluding ortho intramolecular Hbond substituents is 3. The van der Waals surface area contributed by atoms with Crippen molar-refractivity contribution in [3.8, 4) is 17.2 Å². The van der Waals surface area contributed by atoms with Crippen LogP contribution in [0.5, 0.6) is 17.2 Å². The van der Waals surface area contributed by atoms with Crippen LogP contribution in [-0.2, 0) is 12.8 Å². The molecule has 0 aliphatic rings. The topological polar surface area (TPSA) is 90.1 Å². The molecule has 0 bridgehead atoms. The van der Waals surface area contributed by atoms with Crippen molar-refractivity contribution in [3.63, 3.8) is 0 Å². The van der Waals surface area contributed by atoms with Gasteiger partial charge in [0.15, 0.2) is 0 Å². The van der Waals surface area contributed by atoms with Crippen LogP contribution in [-0.4, -0.2) is 15.3 Å². The zero-order chi connectivity index (χ0) is 14.5. The molecule has 5 nitrogen and oxygen atoms in total. The van der Waals surface area contributed by atoms with Crippen LogP contribution in [0.2, 0.25) is 0 Å². The van der Waals surface area contributed by atoms with Gasteiger partial charge in [-0.15, -0.1) is 4.91 Å². The highest BCUT2D eigenvalue weighted by atomic mass is 16.3. The molecule has 0 heterocycles. The molecule has 3 N–H and O–H groups in total. The summed E-state index contributed by atoms with van der Waals surface area (Å²) >= 11 is 0. The fourth-order valence-electron chi connectivity index (χ4n) is 2.05. The number of hydrogen-bond donors (Lipinski definition) is 3. The van der Waals surface area contributed by atoms with Crippen molar-refractivity contribution in [1.29, 1.82) is 0 Å². The quantitative estimate of drug-likeness (QED) is 0.728. The summed E-state index contributed by atoms with van der Waals surface area (Å²) in [5.41, 5.74) is 1.67. The molecular formula is C15H15NO4. The minimum atomic E-state index is 0.0286. The van der Waals surface area contributed by atoms with Crippen LogP contribution in [0.3, 0.4) is 0 Å². The third kappa shape index (κ3) is 3.26. The molecule has 0 aliphatic heterocycles. The van der Waals surface area contributed by atoms with E-state index in [1.165, 1.54) is 18.2 Å². The van der Waals surface area contributed by atoms with Crippen LogP contribution in [0.4, 0.5) is 5.69 Å². The van der Waals surface area contributed by atoms with Crippen molar-refractivity contribution >= 4 is 5.69 Å². The summed E-state index contributed by atoms with van der Waals surface area (Å²) in [6, 6.07) is 9.06. The Kier molecular flexibility index (Phi) is 4.20. The molecule has 0 saturated heterocycles. The maximum absolute atomic E-state index is 10.3. The van der Waals surface area contributed by atoms with Crippen molar-refractivity contribution in [2.75, 3.05) is 0 Å². The lowest BCUT2D eigenvalue weighted by atomic mass is 10.0. The first-order chi connectivity index (χ1) is 9.60. The van der Waals surface area contributed by atoms with Gasteiger partial charge in [-0.1, -0.05) is 12.1 Å². The lowest BCUT2D eigenvalue weighted by molar-refractivity contribution is 0.445. The van der Waals surface area contributed by atoms with E-state index >= 15 is 0 Å². The number of nitrogens with zero attached hydrogens (tertiary/aromatic N) is 1. The molecule has 0 atom stereocenters. The van der Waals surface area contributed by atoms with Crippen molar-refractivity contribution in [3.05, 3.63) is 52.4 Å². The Balaban J connectivity index is 1.97. The van der Waals surface area contributed by atoms with Crippen LogP contribution < -0.4 is 0 Å². The van der Waals surface area contributed by atoms with E-state index in [9.17, 15) is 20.2 Å². The summed E-state index contributed by atoms with van der Waals surface area (Å²) in [4.78, 5) is 10.3. The number of phenols is 3. The average Bonchev–Trinajstić information content (AvgIpc) is 2.42. The van der Waals surface area contributed by atoms with E-state index in [1.54, 1.807) is 18.2 Å². The highest BCUT2D eigenvalue weighted by molar-refractivity contribution is 5.47. The molecule has 2 aromatic carbocycles. The van der Waals surface area contributed by atoms with Crippen LogP contribution in [0.15, 0.2) is 41.6 Å². The Morgan fingerprint density at radius 3 is 2.00 bits per heavy atom. The first kappa shape index (κ1) is 13.9. The molecule has 0 unspecified atom stereocenters. The second-order valence-electron chi connectivity index (χ2n) is 4.57.